The number of carbonyl (C=O) groups is 2. The first-order chi connectivity index (χ1) is 8.95. The second-order valence-electron chi connectivity index (χ2n) is 4.30. The van der Waals surface area contributed by atoms with E-state index in [0.29, 0.717) is 10.6 Å². The van der Waals surface area contributed by atoms with Crippen molar-refractivity contribution in [1.82, 2.24) is 0 Å². The van der Waals surface area contributed by atoms with Crippen molar-refractivity contribution in [2.24, 2.45) is 0 Å². The van der Waals surface area contributed by atoms with E-state index in [1.807, 2.05) is 19.9 Å². The Morgan fingerprint density at radius 3 is 2.26 bits per heavy atom. The lowest BCUT2D eigenvalue weighted by Crippen LogP contribution is -2.11. The van der Waals surface area contributed by atoms with Gasteiger partial charge in [-0.1, -0.05) is 17.2 Å². The van der Waals surface area contributed by atoms with Crippen LogP contribution in [0.2, 0.25) is 0 Å². The molecule has 1 aromatic heterocycles. The standard InChI is InChI=1S/C14H13NO3S/c1-8-5-9(2)7-10(6-8)13(16)15-12-4-3-11(19-12)14(17)18/h3-7H,1-2H3,(H,15,16)(H,17,18). The van der Waals surface area contributed by atoms with Crippen LogP contribution in [-0.2, 0) is 0 Å². The molecule has 0 unspecified atom stereocenters. The summed E-state index contributed by atoms with van der Waals surface area (Å²) in [5, 5.41) is 12.1. The number of benzene rings is 1. The highest BCUT2D eigenvalue weighted by molar-refractivity contribution is 7.18. The molecule has 0 bridgehead atoms. The van der Waals surface area contributed by atoms with E-state index < -0.39 is 5.97 Å². The smallest absolute Gasteiger partial charge is 0.345 e. The summed E-state index contributed by atoms with van der Waals surface area (Å²) in [6, 6.07) is 8.66. The number of carboxylic acid groups (broad SMARTS) is 1. The van der Waals surface area contributed by atoms with Gasteiger partial charge in [-0.15, -0.1) is 11.3 Å². The predicted octanol–water partition coefficient (Wildman–Crippen LogP) is 3.32. The Kier molecular flexibility index (Phi) is 3.66. The van der Waals surface area contributed by atoms with Crippen molar-refractivity contribution >= 4 is 28.2 Å². The molecule has 1 heterocycles. The molecule has 0 saturated heterocycles. The third-order valence-electron chi connectivity index (χ3n) is 2.54. The van der Waals surface area contributed by atoms with E-state index in [-0.39, 0.29) is 10.8 Å². The number of aryl methyl sites for hydroxylation is 2. The van der Waals surface area contributed by atoms with E-state index >= 15 is 0 Å². The van der Waals surface area contributed by atoms with Gasteiger partial charge in [0.15, 0.2) is 0 Å². The summed E-state index contributed by atoms with van der Waals surface area (Å²) < 4.78 is 0. The van der Waals surface area contributed by atoms with E-state index in [4.69, 9.17) is 5.11 Å². The van der Waals surface area contributed by atoms with Gasteiger partial charge in [0.2, 0.25) is 0 Å². The summed E-state index contributed by atoms with van der Waals surface area (Å²) in [7, 11) is 0. The minimum atomic E-state index is -0.989. The minimum Gasteiger partial charge on any atom is -0.477 e. The zero-order chi connectivity index (χ0) is 14.0. The molecule has 2 rings (SSSR count). The molecule has 2 aromatic rings. The number of nitrogens with one attached hydrogen (secondary N) is 1. The second-order valence-corrected chi connectivity index (χ2v) is 5.38. The monoisotopic (exact) mass is 275 g/mol. The molecule has 1 aromatic carbocycles. The Labute approximate surface area is 114 Å². The van der Waals surface area contributed by atoms with E-state index in [2.05, 4.69) is 5.32 Å². The number of carbonyl (C=O) groups excluding carboxylic acids is 1. The van der Waals surface area contributed by atoms with Gasteiger partial charge >= 0.3 is 5.97 Å². The molecule has 98 valence electrons. The van der Waals surface area contributed by atoms with Crippen LogP contribution >= 0.6 is 11.3 Å². The quantitative estimate of drug-likeness (QED) is 0.903. The fourth-order valence-electron chi connectivity index (χ4n) is 1.81. The zero-order valence-electron chi connectivity index (χ0n) is 10.6. The summed E-state index contributed by atoms with van der Waals surface area (Å²) in [5.41, 5.74) is 2.60. The van der Waals surface area contributed by atoms with Crippen LogP contribution in [0, 0.1) is 13.8 Å². The van der Waals surface area contributed by atoms with Gasteiger partial charge in [0.25, 0.3) is 5.91 Å². The lowest BCUT2D eigenvalue weighted by atomic mass is 10.1. The van der Waals surface area contributed by atoms with Crippen LogP contribution in [0.4, 0.5) is 5.00 Å². The average molecular weight is 275 g/mol. The molecular formula is C14H13NO3S. The normalized spacial score (nSPS) is 10.2. The number of rotatable bonds is 3. The van der Waals surface area contributed by atoms with E-state index in [1.165, 1.54) is 6.07 Å². The molecule has 5 heteroatoms. The lowest BCUT2D eigenvalue weighted by Gasteiger charge is -2.05. The second kappa shape index (κ2) is 5.24. The van der Waals surface area contributed by atoms with E-state index in [9.17, 15) is 9.59 Å². The number of aromatic carboxylic acids is 1. The first-order valence-corrected chi connectivity index (χ1v) is 6.50. The fourth-order valence-corrected chi connectivity index (χ4v) is 2.55. The molecule has 0 aliphatic carbocycles. The predicted molar refractivity (Wildman–Crippen MR) is 75.1 cm³/mol. The molecule has 0 atom stereocenters. The van der Waals surface area contributed by atoms with Crippen molar-refractivity contribution in [2.45, 2.75) is 13.8 Å². The molecule has 0 saturated carbocycles. The summed E-state index contributed by atoms with van der Waals surface area (Å²) in [5.74, 6) is -1.22. The number of hydrogen-bond acceptors (Lipinski definition) is 3. The first-order valence-electron chi connectivity index (χ1n) is 5.68. The summed E-state index contributed by atoms with van der Waals surface area (Å²) >= 11 is 1.04. The molecule has 19 heavy (non-hydrogen) atoms. The van der Waals surface area contributed by atoms with Crippen molar-refractivity contribution in [2.75, 3.05) is 5.32 Å². The van der Waals surface area contributed by atoms with Crippen LogP contribution in [0.25, 0.3) is 0 Å². The van der Waals surface area contributed by atoms with Gasteiger partial charge in [-0.3, -0.25) is 4.79 Å². The Morgan fingerprint density at radius 1 is 1.11 bits per heavy atom. The molecule has 2 N–H and O–H groups in total. The number of anilines is 1. The van der Waals surface area contributed by atoms with Crippen LogP contribution in [0.1, 0.15) is 31.2 Å². The lowest BCUT2D eigenvalue weighted by molar-refractivity contribution is 0.0702. The summed E-state index contributed by atoms with van der Waals surface area (Å²) in [6.07, 6.45) is 0. The highest BCUT2D eigenvalue weighted by Gasteiger charge is 2.11. The van der Waals surface area contributed by atoms with Gasteiger partial charge in [0.1, 0.15) is 4.88 Å². The van der Waals surface area contributed by atoms with Crippen molar-refractivity contribution in [1.29, 1.82) is 0 Å². The molecular weight excluding hydrogens is 262 g/mol. The van der Waals surface area contributed by atoms with Crippen molar-refractivity contribution in [3.05, 3.63) is 51.9 Å². The maximum absolute atomic E-state index is 12.0. The molecule has 4 nitrogen and oxygen atoms in total. The van der Waals surface area contributed by atoms with Crippen LogP contribution in [-0.4, -0.2) is 17.0 Å². The van der Waals surface area contributed by atoms with Gasteiger partial charge < -0.3 is 10.4 Å². The molecule has 0 aliphatic heterocycles. The first kappa shape index (κ1) is 13.3. The van der Waals surface area contributed by atoms with Crippen LogP contribution in [0.5, 0.6) is 0 Å². The topological polar surface area (TPSA) is 66.4 Å². The summed E-state index contributed by atoms with van der Waals surface area (Å²) in [4.78, 5) is 23.0. The average Bonchev–Trinajstić information content (AvgIpc) is 2.76. The molecule has 1 amide bonds. The van der Waals surface area contributed by atoms with Gasteiger partial charge in [-0.25, -0.2) is 4.79 Å². The molecule has 0 fully saturated rings. The molecule has 0 radical (unpaired) electrons. The Hall–Kier alpha value is -2.14. The van der Waals surface area contributed by atoms with E-state index in [1.54, 1.807) is 18.2 Å². The Bertz CT molecular complexity index is 626. The number of hydrogen-bond donors (Lipinski definition) is 2. The number of thiophene rings is 1. The van der Waals surface area contributed by atoms with E-state index in [0.717, 1.165) is 22.5 Å². The molecule has 0 aliphatic rings. The molecule has 0 spiro atoms. The van der Waals surface area contributed by atoms with Crippen LogP contribution in [0.15, 0.2) is 30.3 Å². The van der Waals surface area contributed by atoms with Crippen LogP contribution in [0.3, 0.4) is 0 Å². The number of carboxylic acids is 1. The van der Waals surface area contributed by atoms with Gasteiger partial charge in [0, 0.05) is 5.56 Å². The third-order valence-corrected chi connectivity index (χ3v) is 3.53. The minimum absolute atomic E-state index is 0.204. The van der Waals surface area contributed by atoms with Crippen molar-refractivity contribution in [3.63, 3.8) is 0 Å². The fraction of sp³-hybridized carbons (Fsp3) is 0.143. The zero-order valence-corrected chi connectivity index (χ0v) is 11.4. The van der Waals surface area contributed by atoms with Gasteiger partial charge in [-0.05, 0) is 38.1 Å². The summed E-state index contributed by atoms with van der Waals surface area (Å²) in [6.45, 7) is 3.86. The SMILES string of the molecule is Cc1cc(C)cc(C(=O)Nc2ccc(C(=O)O)s2)c1. The third kappa shape index (κ3) is 3.20. The number of amides is 1. The van der Waals surface area contributed by atoms with Crippen LogP contribution < -0.4 is 5.32 Å². The Morgan fingerprint density at radius 2 is 1.74 bits per heavy atom. The van der Waals surface area contributed by atoms with Crippen molar-refractivity contribution < 1.29 is 14.7 Å². The highest BCUT2D eigenvalue weighted by atomic mass is 32.1. The van der Waals surface area contributed by atoms with Crippen molar-refractivity contribution in [3.8, 4) is 0 Å². The maximum Gasteiger partial charge on any atom is 0.345 e. The van der Waals surface area contributed by atoms with Gasteiger partial charge in [0.05, 0.1) is 5.00 Å². The maximum atomic E-state index is 12.0. The highest BCUT2D eigenvalue weighted by Crippen LogP contribution is 2.22. The largest absolute Gasteiger partial charge is 0.477 e. The Balaban J connectivity index is 2.18. The van der Waals surface area contributed by atoms with Gasteiger partial charge in [-0.2, -0.15) is 0 Å².